The van der Waals surface area contributed by atoms with Crippen molar-refractivity contribution < 1.29 is 19.1 Å². The zero-order valence-corrected chi connectivity index (χ0v) is 15.8. The van der Waals surface area contributed by atoms with E-state index in [4.69, 9.17) is 14.7 Å². The number of amides is 2. The maximum absolute atomic E-state index is 12.0. The highest BCUT2D eigenvalue weighted by Gasteiger charge is 2.20. The van der Waals surface area contributed by atoms with E-state index in [1.54, 1.807) is 65.8 Å². The molecule has 0 atom stereocenters. The highest BCUT2D eigenvalue weighted by atomic mass is 16.6. The van der Waals surface area contributed by atoms with Crippen molar-refractivity contribution >= 4 is 23.8 Å². The normalized spacial score (nSPS) is 12.0. The molecule has 0 heterocycles. The number of aliphatic imine (C=N–C) groups is 1. The summed E-state index contributed by atoms with van der Waals surface area (Å²) in [5.74, 6) is -0.177. The Bertz CT molecular complexity index is 737. The van der Waals surface area contributed by atoms with Crippen LogP contribution in [0.15, 0.2) is 29.3 Å². The molecule has 0 fully saturated rings. The van der Waals surface area contributed by atoms with Gasteiger partial charge in [-0.1, -0.05) is 6.07 Å². The molecule has 2 N–H and O–H groups in total. The van der Waals surface area contributed by atoms with Crippen LogP contribution in [0.3, 0.4) is 0 Å². The first-order valence-corrected chi connectivity index (χ1v) is 7.97. The number of alkyl carbamates (subject to hydrolysis) is 1. The van der Waals surface area contributed by atoms with Crippen molar-refractivity contribution in [3.05, 3.63) is 29.8 Å². The summed E-state index contributed by atoms with van der Waals surface area (Å²) >= 11 is 0. The number of rotatable bonds is 1. The summed E-state index contributed by atoms with van der Waals surface area (Å²) < 4.78 is 10.3. The lowest BCUT2D eigenvalue weighted by Crippen LogP contribution is -2.40. The molecule has 8 nitrogen and oxygen atoms in total. The van der Waals surface area contributed by atoms with Gasteiger partial charge in [-0.2, -0.15) is 5.26 Å². The van der Waals surface area contributed by atoms with Crippen molar-refractivity contribution in [1.82, 2.24) is 5.32 Å². The van der Waals surface area contributed by atoms with Crippen LogP contribution in [-0.2, 0) is 9.47 Å². The van der Waals surface area contributed by atoms with E-state index < -0.39 is 23.4 Å². The van der Waals surface area contributed by atoms with Crippen LogP contribution in [0.5, 0.6) is 0 Å². The fourth-order valence-corrected chi connectivity index (χ4v) is 1.67. The Morgan fingerprint density at radius 1 is 1.08 bits per heavy atom. The van der Waals surface area contributed by atoms with Crippen LogP contribution in [0, 0.1) is 11.3 Å². The third-order valence-corrected chi connectivity index (χ3v) is 2.47. The Kier molecular flexibility index (Phi) is 6.72. The number of nitriles is 1. The lowest BCUT2D eigenvalue weighted by molar-refractivity contribution is 0.0562. The molecular weight excluding hydrogens is 336 g/mol. The fourth-order valence-electron chi connectivity index (χ4n) is 1.67. The topological polar surface area (TPSA) is 113 Å². The van der Waals surface area contributed by atoms with Gasteiger partial charge in [0.25, 0.3) is 0 Å². The number of nitrogens with zero attached hydrogens (tertiary/aromatic N) is 2. The molecule has 0 aliphatic rings. The van der Waals surface area contributed by atoms with Crippen LogP contribution < -0.4 is 10.6 Å². The number of hydrogen-bond donors (Lipinski definition) is 2. The number of guanidine groups is 1. The maximum atomic E-state index is 12.0. The lowest BCUT2D eigenvalue weighted by atomic mass is 10.2. The van der Waals surface area contributed by atoms with Crippen molar-refractivity contribution in [2.45, 2.75) is 52.7 Å². The Balaban J connectivity index is 3.02. The van der Waals surface area contributed by atoms with Crippen LogP contribution in [0.4, 0.5) is 15.3 Å². The number of nitrogens with one attached hydrogen (secondary N) is 2. The molecule has 26 heavy (non-hydrogen) atoms. The molecular formula is C18H24N4O4. The van der Waals surface area contributed by atoms with E-state index in [9.17, 15) is 9.59 Å². The molecule has 1 aromatic rings. The minimum Gasteiger partial charge on any atom is -0.444 e. The predicted octanol–water partition coefficient (Wildman–Crippen LogP) is 3.79. The van der Waals surface area contributed by atoms with Gasteiger partial charge in [-0.3, -0.25) is 5.32 Å². The molecule has 0 bridgehead atoms. The quantitative estimate of drug-likeness (QED) is 0.582. The van der Waals surface area contributed by atoms with E-state index in [1.165, 1.54) is 0 Å². The molecule has 0 aliphatic carbocycles. The van der Waals surface area contributed by atoms with Gasteiger partial charge in [-0.05, 0) is 59.7 Å². The third kappa shape index (κ3) is 8.68. The molecule has 0 saturated carbocycles. The summed E-state index contributed by atoms with van der Waals surface area (Å²) in [7, 11) is 0. The van der Waals surface area contributed by atoms with Gasteiger partial charge in [0, 0.05) is 5.69 Å². The summed E-state index contributed by atoms with van der Waals surface area (Å²) in [5.41, 5.74) is -0.591. The van der Waals surface area contributed by atoms with Crippen molar-refractivity contribution in [2.24, 2.45) is 4.99 Å². The van der Waals surface area contributed by atoms with E-state index in [0.717, 1.165) is 0 Å². The minimum atomic E-state index is -0.882. The molecule has 8 heteroatoms. The van der Waals surface area contributed by atoms with E-state index in [0.29, 0.717) is 11.3 Å². The first-order valence-electron chi connectivity index (χ1n) is 7.97. The number of benzene rings is 1. The average Bonchev–Trinajstić information content (AvgIpc) is 2.42. The second-order valence-corrected chi connectivity index (χ2v) is 7.39. The lowest BCUT2D eigenvalue weighted by Gasteiger charge is -2.21. The molecule has 0 aromatic heterocycles. The van der Waals surface area contributed by atoms with E-state index in [1.807, 2.05) is 6.07 Å². The van der Waals surface area contributed by atoms with E-state index in [2.05, 4.69) is 15.6 Å². The van der Waals surface area contributed by atoms with Gasteiger partial charge in [0.2, 0.25) is 5.96 Å². The van der Waals surface area contributed by atoms with Crippen LogP contribution in [0.25, 0.3) is 0 Å². The van der Waals surface area contributed by atoms with E-state index >= 15 is 0 Å². The van der Waals surface area contributed by atoms with Gasteiger partial charge in [0.05, 0.1) is 11.6 Å². The van der Waals surface area contributed by atoms with Gasteiger partial charge in [-0.15, -0.1) is 4.99 Å². The molecule has 0 unspecified atom stereocenters. The Labute approximate surface area is 153 Å². The molecule has 0 radical (unpaired) electrons. The average molecular weight is 360 g/mol. The molecule has 0 spiro atoms. The van der Waals surface area contributed by atoms with Crippen molar-refractivity contribution in [3.63, 3.8) is 0 Å². The summed E-state index contributed by atoms with van der Waals surface area (Å²) in [5, 5.41) is 14.1. The highest BCUT2D eigenvalue weighted by Crippen LogP contribution is 2.12. The van der Waals surface area contributed by atoms with Crippen molar-refractivity contribution in [2.75, 3.05) is 5.32 Å². The van der Waals surface area contributed by atoms with Crippen LogP contribution >= 0.6 is 0 Å². The Hall–Kier alpha value is -3.08. The van der Waals surface area contributed by atoms with Gasteiger partial charge in [0.1, 0.15) is 11.2 Å². The van der Waals surface area contributed by atoms with Crippen LogP contribution in [0.1, 0.15) is 47.1 Å². The number of ether oxygens (including phenoxy) is 2. The van der Waals surface area contributed by atoms with Crippen LogP contribution in [0.2, 0.25) is 0 Å². The van der Waals surface area contributed by atoms with E-state index in [-0.39, 0.29) is 5.96 Å². The Morgan fingerprint density at radius 2 is 1.69 bits per heavy atom. The third-order valence-electron chi connectivity index (χ3n) is 2.47. The van der Waals surface area contributed by atoms with Gasteiger partial charge >= 0.3 is 12.2 Å². The molecule has 140 valence electrons. The molecule has 2 amide bonds. The first kappa shape index (κ1) is 21.0. The fraction of sp³-hybridized carbons (Fsp3) is 0.444. The molecule has 0 aliphatic heterocycles. The molecule has 1 rings (SSSR count). The zero-order chi connectivity index (χ0) is 20.0. The smallest absolute Gasteiger partial charge is 0.437 e. The number of hydrogen-bond acceptors (Lipinski definition) is 5. The van der Waals surface area contributed by atoms with Gasteiger partial charge < -0.3 is 14.8 Å². The predicted molar refractivity (Wildman–Crippen MR) is 97.8 cm³/mol. The Morgan fingerprint density at radius 3 is 2.23 bits per heavy atom. The van der Waals surface area contributed by atoms with Crippen LogP contribution in [-0.4, -0.2) is 29.3 Å². The van der Waals surface area contributed by atoms with Gasteiger partial charge in [0.15, 0.2) is 0 Å². The minimum absolute atomic E-state index is 0.177. The van der Waals surface area contributed by atoms with Crippen molar-refractivity contribution in [1.29, 1.82) is 5.26 Å². The zero-order valence-electron chi connectivity index (χ0n) is 15.8. The maximum Gasteiger partial charge on any atom is 0.437 e. The second kappa shape index (κ2) is 8.34. The standard InChI is InChI=1S/C18H24N4O4/c1-17(2,3)25-15(23)21-14(22-16(24)26-18(4,5)6)20-13-9-7-8-12(10-13)11-19/h7-10H,1-6H3,(H2,20,21,22,23,24). The number of anilines is 1. The largest absolute Gasteiger partial charge is 0.444 e. The second-order valence-electron chi connectivity index (χ2n) is 7.39. The summed E-state index contributed by atoms with van der Waals surface area (Å²) in [6.45, 7) is 10.2. The SMILES string of the molecule is CC(C)(C)OC(=O)/N=C(/NC(=O)OC(C)(C)C)Nc1cccc(C#N)c1. The summed E-state index contributed by atoms with van der Waals surface area (Å²) in [4.78, 5) is 27.7. The summed E-state index contributed by atoms with van der Waals surface area (Å²) in [6, 6.07) is 8.47. The number of carbonyl (C=O) groups is 2. The number of carbonyl (C=O) groups excluding carboxylic acids is 2. The molecule has 1 aromatic carbocycles. The summed E-state index contributed by atoms with van der Waals surface area (Å²) in [6.07, 6.45) is -1.67. The van der Waals surface area contributed by atoms with Crippen molar-refractivity contribution in [3.8, 4) is 6.07 Å². The molecule has 0 saturated heterocycles. The highest BCUT2D eigenvalue weighted by molar-refractivity contribution is 6.06. The monoisotopic (exact) mass is 360 g/mol. The van der Waals surface area contributed by atoms with Gasteiger partial charge in [-0.25, -0.2) is 9.59 Å². The first-order chi connectivity index (χ1) is 11.9.